The zero-order valence-electron chi connectivity index (χ0n) is 36.6. The maximum Gasteiger partial charge on any atom is 0.0726 e. The summed E-state index contributed by atoms with van der Waals surface area (Å²) in [4.78, 5) is 2.49. The average Bonchev–Trinajstić information content (AvgIpc) is 3.88. The quantitative estimate of drug-likeness (QED) is 0.167. The second kappa shape index (κ2) is 13.6. The van der Waals surface area contributed by atoms with E-state index in [4.69, 9.17) is 0 Å². The highest BCUT2D eigenvalue weighted by Gasteiger charge is 2.52. The molecule has 9 aromatic rings. The molecule has 63 heavy (non-hydrogen) atoms. The Kier molecular flexibility index (Phi) is 8.13. The molecule has 0 saturated carbocycles. The van der Waals surface area contributed by atoms with Crippen molar-refractivity contribution in [3.63, 3.8) is 0 Å². The van der Waals surface area contributed by atoms with Crippen molar-refractivity contribution in [1.29, 1.82) is 0 Å². The number of rotatable bonds is 5. The molecular formula is C62H49N. The van der Waals surface area contributed by atoms with Gasteiger partial charge in [0.05, 0.1) is 10.8 Å². The molecule has 0 radical (unpaired) electrons. The summed E-state index contributed by atoms with van der Waals surface area (Å²) in [5.41, 5.74) is 24.8. The summed E-state index contributed by atoms with van der Waals surface area (Å²) in [5, 5.41) is 0. The van der Waals surface area contributed by atoms with Gasteiger partial charge in [0.2, 0.25) is 0 Å². The molecular weight excluding hydrogens is 759 g/mol. The molecule has 3 aliphatic rings. The first-order valence-electron chi connectivity index (χ1n) is 22.4. The molecule has 0 bridgehead atoms. The lowest BCUT2D eigenvalue weighted by atomic mass is 9.67. The van der Waals surface area contributed by atoms with Crippen LogP contribution in [0.5, 0.6) is 0 Å². The predicted octanol–water partition coefficient (Wildman–Crippen LogP) is 15.8. The number of fused-ring (bicyclic) bond motifs is 13. The fourth-order valence-electron chi connectivity index (χ4n) is 11.7. The number of hydrogen-bond acceptors (Lipinski definition) is 1. The summed E-state index contributed by atoms with van der Waals surface area (Å²) in [6.45, 7) is 11.4. The van der Waals surface area contributed by atoms with Gasteiger partial charge < -0.3 is 4.90 Å². The fourth-order valence-corrected chi connectivity index (χ4v) is 11.7. The molecule has 1 heteroatoms. The van der Waals surface area contributed by atoms with Crippen LogP contribution in [0, 0.1) is 13.8 Å². The zero-order valence-corrected chi connectivity index (χ0v) is 36.6. The van der Waals surface area contributed by atoms with E-state index in [1.807, 2.05) is 0 Å². The molecule has 0 heterocycles. The van der Waals surface area contributed by atoms with Crippen LogP contribution in [0.4, 0.5) is 17.1 Å². The lowest BCUT2D eigenvalue weighted by Crippen LogP contribution is -2.29. The molecule has 0 saturated heterocycles. The average molecular weight is 808 g/mol. The van der Waals surface area contributed by atoms with Crippen LogP contribution in [0.1, 0.15) is 82.0 Å². The van der Waals surface area contributed by atoms with Gasteiger partial charge in [0.25, 0.3) is 0 Å². The van der Waals surface area contributed by atoms with Crippen LogP contribution in [-0.2, 0) is 16.2 Å². The highest BCUT2D eigenvalue weighted by Crippen LogP contribution is 2.64. The SMILES string of the molecule is Cc1ccc2c(c1)C1(c3ccccc3-c3ccc(N(c4ccccc4)c4ccc5c(c4)C(c4ccccc4)(c4ccc(C(C)(C)C)cc4)c4ccccc4-5)cc31)c1cc(C)ccc1-2. The van der Waals surface area contributed by atoms with E-state index in [0.29, 0.717) is 0 Å². The van der Waals surface area contributed by atoms with Crippen molar-refractivity contribution >= 4 is 17.1 Å². The van der Waals surface area contributed by atoms with Crippen molar-refractivity contribution in [2.24, 2.45) is 0 Å². The van der Waals surface area contributed by atoms with Gasteiger partial charge in [0.1, 0.15) is 0 Å². The summed E-state index contributed by atoms with van der Waals surface area (Å²) < 4.78 is 0. The van der Waals surface area contributed by atoms with Crippen molar-refractivity contribution in [2.75, 3.05) is 4.90 Å². The highest BCUT2D eigenvalue weighted by atomic mass is 15.1. The minimum Gasteiger partial charge on any atom is -0.310 e. The zero-order chi connectivity index (χ0) is 42.7. The Morgan fingerprint density at radius 2 is 0.714 bits per heavy atom. The predicted molar refractivity (Wildman–Crippen MR) is 263 cm³/mol. The van der Waals surface area contributed by atoms with Crippen LogP contribution in [0.3, 0.4) is 0 Å². The number of benzene rings is 9. The molecule has 12 rings (SSSR count). The van der Waals surface area contributed by atoms with Crippen molar-refractivity contribution in [3.05, 3.63) is 267 Å². The molecule has 1 nitrogen and oxygen atoms in total. The summed E-state index contributed by atoms with van der Waals surface area (Å²) in [7, 11) is 0. The Hall–Kier alpha value is -7.22. The third kappa shape index (κ3) is 5.23. The van der Waals surface area contributed by atoms with Gasteiger partial charge in [0.15, 0.2) is 0 Å². The van der Waals surface area contributed by atoms with Crippen LogP contribution in [-0.4, -0.2) is 0 Å². The van der Waals surface area contributed by atoms with Crippen molar-refractivity contribution in [3.8, 4) is 33.4 Å². The van der Waals surface area contributed by atoms with Gasteiger partial charge in [-0.2, -0.15) is 0 Å². The van der Waals surface area contributed by atoms with Gasteiger partial charge in [-0.05, 0) is 139 Å². The van der Waals surface area contributed by atoms with E-state index >= 15 is 0 Å². The Morgan fingerprint density at radius 1 is 0.317 bits per heavy atom. The van der Waals surface area contributed by atoms with E-state index in [2.05, 4.69) is 246 Å². The number of anilines is 3. The molecule has 0 N–H and O–H groups in total. The summed E-state index contributed by atoms with van der Waals surface area (Å²) in [5.74, 6) is 0. The normalized spacial score (nSPS) is 15.9. The number of aryl methyl sites for hydroxylation is 2. The fraction of sp³-hybridized carbons (Fsp3) is 0.129. The second-order valence-corrected chi connectivity index (χ2v) is 19.0. The lowest BCUT2D eigenvalue weighted by molar-refractivity contribution is 0.589. The van der Waals surface area contributed by atoms with Gasteiger partial charge in [-0.1, -0.05) is 202 Å². The molecule has 1 unspecified atom stereocenters. The molecule has 302 valence electrons. The number of nitrogens with zero attached hydrogens (tertiary/aromatic N) is 1. The molecule has 0 aromatic heterocycles. The Morgan fingerprint density at radius 3 is 1.24 bits per heavy atom. The molecule has 1 spiro atoms. The van der Waals surface area contributed by atoms with Crippen LogP contribution in [0.2, 0.25) is 0 Å². The minimum atomic E-state index is -0.529. The van der Waals surface area contributed by atoms with E-state index in [-0.39, 0.29) is 5.41 Å². The smallest absolute Gasteiger partial charge is 0.0726 e. The molecule has 3 aliphatic carbocycles. The maximum absolute atomic E-state index is 2.52. The minimum absolute atomic E-state index is 0.0450. The van der Waals surface area contributed by atoms with Crippen molar-refractivity contribution in [2.45, 2.75) is 50.9 Å². The van der Waals surface area contributed by atoms with Crippen LogP contribution < -0.4 is 4.90 Å². The first kappa shape index (κ1) is 37.5. The van der Waals surface area contributed by atoms with E-state index in [1.54, 1.807) is 0 Å². The van der Waals surface area contributed by atoms with Gasteiger partial charge in [-0.15, -0.1) is 0 Å². The van der Waals surface area contributed by atoms with Crippen molar-refractivity contribution in [1.82, 2.24) is 0 Å². The van der Waals surface area contributed by atoms with Gasteiger partial charge in [0, 0.05) is 17.1 Å². The number of para-hydroxylation sites is 1. The van der Waals surface area contributed by atoms with Crippen LogP contribution >= 0.6 is 0 Å². The van der Waals surface area contributed by atoms with E-state index in [0.717, 1.165) is 17.1 Å². The highest BCUT2D eigenvalue weighted by molar-refractivity contribution is 5.97. The topological polar surface area (TPSA) is 3.24 Å². The molecule has 9 aromatic carbocycles. The Balaban J connectivity index is 1.12. The van der Waals surface area contributed by atoms with Crippen LogP contribution in [0.15, 0.2) is 206 Å². The maximum atomic E-state index is 2.52. The number of hydrogen-bond donors (Lipinski definition) is 0. The summed E-state index contributed by atoms with van der Waals surface area (Å²) >= 11 is 0. The molecule has 0 aliphatic heterocycles. The van der Waals surface area contributed by atoms with E-state index in [1.165, 1.54) is 94.6 Å². The standard InChI is InChI=1S/C62H49N/c1-40-24-32-50-51-33-25-41(2)37-57(51)62(56(50)36-40)55-23-15-13-21-49(55)53-35-31-47(39-59(53)62)63(45-18-10-7-11-19-45)46-30-34-52-48-20-12-14-22-54(48)61(58(52)38-46,43-16-8-6-9-17-43)44-28-26-42(27-29-44)60(3,4)5/h6-39H,1-5H3. The van der Waals surface area contributed by atoms with E-state index in [9.17, 15) is 0 Å². The third-order valence-corrected chi connectivity index (χ3v) is 14.4. The van der Waals surface area contributed by atoms with Gasteiger partial charge in [-0.25, -0.2) is 0 Å². The first-order chi connectivity index (χ1) is 30.7. The van der Waals surface area contributed by atoms with E-state index < -0.39 is 10.8 Å². The third-order valence-electron chi connectivity index (χ3n) is 14.4. The molecule has 1 atom stereocenters. The largest absolute Gasteiger partial charge is 0.310 e. The summed E-state index contributed by atoms with van der Waals surface area (Å²) in [6.07, 6.45) is 0. The monoisotopic (exact) mass is 807 g/mol. The molecule has 0 amide bonds. The van der Waals surface area contributed by atoms with Crippen LogP contribution in [0.25, 0.3) is 33.4 Å². The summed E-state index contributed by atoms with van der Waals surface area (Å²) in [6, 6.07) is 78.5. The van der Waals surface area contributed by atoms with Crippen molar-refractivity contribution < 1.29 is 0 Å². The lowest BCUT2D eigenvalue weighted by Gasteiger charge is -2.35. The Bertz CT molecular complexity index is 3220. The second-order valence-electron chi connectivity index (χ2n) is 19.0. The van der Waals surface area contributed by atoms with Gasteiger partial charge >= 0.3 is 0 Å². The molecule has 0 fully saturated rings. The van der Waals surface area contributed by atoms with Gasteiger partial charge in [-0.3, -0.25) is 0 Å². The first-order valence-corrected chi connectivity index (χ1v) is 22.4. The Labute approximate surface area is 372 Å².